The molecule has 33 heavy (non-hydrogen) atoms. The molecule has 4 rings (SSSR count). The zero-order chi connectivity index (χ0) is 23.8. The molecule has 2 aromatic carbocycles. The average Bonchev–Trinajstić information content (AvgIpc) is 2.78. The fourth-order valence-corrected chi connectivity index (χ4v) is 5.79. The standard InChI is InChI=1S/C23H26BrClN4O3S/c1-3-33(31,32)22-5-4-18(25)10-17(22)14-29-15-26-21-11-16(20(24)12-19(21)23(29)30)13-28-8-6-27(2)7-9-28/h4-5,10-12,15H,3,6-9,13-14H2,1-2H3. The van der Waals surface area contributed by atoms with Crippen molar-refractivity contribution < 1.29 is 8.42 Å². The van der Waals surface area contributed by atoms with Crippen molar-refractivity contribution in [2.24, 2.45) is 0 Å². The molecule has 1 aliphatic rings. The third-order valence-electron chi connectivity index (χ3n) is 6.06. The lowest BCUT2D eigenvalue weighted by Gasteiger charge is -2.32. The van der Waals surface area contributed by atoms with E-state index >= 15 is 0 Å². The van der Waals surface area contributed by atoms with Gasteiger partial charge in [-0.3, -0.25) is 14.3 Å². The van der Waals surface area contributed by atoms with Gasteiger partial charge in [0.1, 0.15) is 0 Å². The van der Waals surface area contributed by atoms with E-state index in [2.05, 4.69) is 37.8 Å². The van der Waals surface area contributed by atoms with Crippen molar-refractivity contribution in [2.75, 3.05) is 39.0 Å². The summed E-state index contributed by atoms with van der Waals surface area (Å²) < 4.78 is 27.3. The molecule has 10 heteroatoms. The van der Waals surface area contributed by atoms with E-state index in [1.54, 1.807) is 19.1 Å². The second-order valence-electron chi connectivity index (χ2n) is 8.37. The minimum absolute atomic E-state index is 0.0322. The van der Waals surface area contributed by atoms with Crippen LogP contribution in [0.15, 0.2) is 50.8 Å². The van der Waals surface area contributed by atoms with Crippen molar-refractivity contribution in [1.82, 2.24) is 19.4 Å². The van der Waals surface area contributed by atoms with Gasteiger partial charge in [0.05, 0.1) is 34.4 Å². The predicted molar refractivity (Wildman–Crippen MR) is 135 cm³/mol. The number of aromatic nitrogens is 2. The highest BCUT2D eigenvalue weighted by Crippen LogP contribution is 2.25. The van der Waals surface area contributed by atoms with E-state index < -0.39 is 9.84 Å². The molecule has 0 N–H and O–H groups in total. The Morgan fingerprint density at radius 2 is 1.79 bits per heavy atom. The minimum atomic E-state index is -3.46. The Labute approximate surface area is 207 Å². The number of piperazine rings is 1. The van der Waals surface area contributed by atoms with Crippen molar-refractivity contribution in [3.8, 4) is 0 Å². The molecule has 0 bridgehead atoms. The molecule has 0 unspecified atom stereocenters. The summed E-state index contributed by atoms with van der Waals surface area (Å²) in [6.07, 6.45) is 1.47. The Balaban J connectivity index is 1.67. The first-order valence-electron chi connectivity index (χ1n) is 10.8. The SMILES string of the molecule is CCS(=O)(=O)c1ccc(Cl)cc1Cn1cnc2cc(CN3CCN(C)CC3)c(Br)cc2c1=O. The van der Waals surface area contributed by atoms with E-state index in [4.69, 9.17) is 11.6 Å². The Hall–Kier alpha value is -1.78. The molecule has 2 heterocycles. The molecular formula is C23H26BrClN4O3S. The molecule has 0 amide bonds. The van der Waals surface area contributed by atoms with Crippen LogP contribution in [0.4, 0.5) is 0 Å². The third kappa shape index (κ3) is 5.33. The number of hydrogen-bond acceptors (Lipinski definition) is 6. The van der Waals surface area contributed by atoms with Gasteiger partial charge in [0, 0.05) is 42.2 Å². The lowest BCUT2D eigenvalue weighted by molar-refractivity contribution is 0.148. The highest BCUT2D eigenvalue weighted by atomic mass is 79.9. The Bertz CT molecular complexity index is 1350. The quantitative estimate of drug-likeness (QED) is 0.466. The first-order valence-corrected chi connectivity index (χ1v) is 13.6. The van der Waals surface area contributed by atoms with Gasteiger partial charge in [-0.1, -0.05) is 34.5 Å². The number of nitrogens with zero attached hydrogens (tertiary/aromatic N) is 4. The van der Waals surface area contributed by atoms with E-state index in [0.29, 0.717) is 21.5 Å². The molecule has 176 valence electrons. The molecule has 7 nitrogen and oxygen atoms in total. The average molecular weight is 554 g/mol. The number of hydrogen-bond donors (Lipinski definition) is 0. The molecule has 0 aliphatic carbocycles. The lowest BCUT2D eigenvalue weighted by atomic mass is 10.1. The largest absolute Gasteiger partial charge is 0.304 e. The van der Waals surface area contributed by atoms with Gasteiger partial charge in [-0.2, -0.15) is 0 Å². The third-order valence-corrected chi connectivity index (χ3v) is 8.86. The maximum atomic E-state index is 13.2. The van der Waals surface area contributed by atoms with Crippen LogP contribution in [0.25, 0.3) is 10.9 Å². The summed E-state index contributed by atoms with van der Waals surface area (Å²) in [5.74, 6) is -0.0322. The molecule has 3 aromatic rings. The Morgan fingerprint density at radius 1 is 1.06 bits per heavy atom. The molecule has 0 spiro atoms. The van der Waals surface area contributed by atoms with Crippen LogP contribution in [0.3, 0.4) is 0 Å². The number of halogens is 2. The highest BCUT2D eigenvalue weighted by Gasteiger charge is 2.19. The smallest absolute Gasteiger partial charge is 0.261 e. The normalized spacial score (nSPS) is 15.9. The van der Waals surface area contributed by atoms with Crippen LogP contribution in [0.1, 0.15) is 18.1 Å². The fourth-order valence-electron chi connectivity index (χ4n) is 4.02. The van der Waals surface area contributed by atoms with Crippen LogP contribution in [0.5, 0.6) is 0 Å². The van der Waals surface area contributed by atoms with Crippen molar-refractivity contribution >= 4 is 48.3 Å². The summed E-state index contributed by atoms with van der Waals surface area (Å²) in [7, 11) is -1.33. The molecule has 0 radical (unpaired) electrons. The summed E-state index contributed by atoms with van der Waals surface area (Å²) in [5.41, 5.74) is 1.95. The second kappa shape index (κ2) is 9.84. The monoisotopic (exact) mass is 552 g/mol. The van der Waals surface area contributed by atoms with Crippen molar-refractivity contribution in [2.45, 2.75) is 24.9 Å². The second-order valence-corrected chi connectivity index (χ2v) is 11.9. The Kier molecular flexibility index (Phi) is 7.26. The summed E-state index contributed by atoms with van der Waals surface area (Å²) in [4.78, 5) is 22.6. The first kappa shape index (κ1) is 24.3. The molecule has 1 aromatic heterocycles. The molecule has 1 fully saturated rings. The fraction of sp³-hybridized carbons (Fsp3) is 0.391. The number of sulfone groups is 1. The molecule has 0 saturated carbocycles. The van der Waals surface area contributed by atoms with Gasteiger partial charge in [-0.25, -0.2) is 13.4 Å². The summed E-state index contributed by atoms with van der Waals surface area (Å²) >= 11 is 9.76. The van der Waals surface area contributed by atoms with Gasteiger partial charge < -0.3 is 4.90 Å². The van der Waals surface area contributed by atoms with Crippen LogP contribution < -0.4 is 5.56 Å². The topological polar surface area (TPSA) is 75.5 Å². The van der Waals surface area contributed by atoms with Crippen molar-refractivity contribution in [3.05, 3.63) is 67.6 Å². The molecule has 0 atom stereocenters. The van der Waals surface area contributed by atoms with Crippen molar-refractivity contribution in [1.29, 1.82) is 0 Å². The molecule has 1 saturated heterocycles. The zero-order valence-corrected chi connectivity index (χ0v) is 21.8. The maximum absolute atomic E-state index is 13.2. The van der Waals surface area contributed by atoms with E-state index in [1.807, 2.05) is 12.1 Å². The van der Waals surface area contributed by atoms with Crippen LogP contribution in [0, 0.1) is 0 Å². The van der Waals surface area contributed by atoms with E-state index in [0.717, 1.165) is 42.8 Å². The van der Waals surface area contributed by atoms with Gasteiger partial charge >= 0.3 is 0 Å². The van der Waals surface area contributed by atoms with Gasteiger partial charge in [-0.05, 0) is 48.5 Å². The van der Waals surface area contributed by atoms with Crippen molar-refractivity contribution in [3.63, 3.8) is 0 Å². The number of benzene rings is 2. The van der Waals surface area contributed by atoms with Crippen LogP contribution in [-0.2, 0) is 22.9 Å². The Morgan fingerprint density at radius 3 is 2.48 bits per heavy atom. The van der Waals surface area contributed by atoms with Gasteiger partial charge in [0.2, 0.25) is 0 Å². The van der Waals surface area contributed by atoms with Crippen LogP contribution in [-0.4, -0.2) is 66.7 Å². The lowest BCUT2D eigenvalue weighted by Crippen LogP contribution is -2.43. The number of rotatable bonds is 6. The molecular weight excluding hydrogens is 528 g/mol. The summed E-state index contributed by atoms with van der Waals surface area (Å²) in [6, 6.07) is 8.41. The van der Waals surface area contributed by atoms with E-state index in [1.165, 1.54) is 17.0 Å². The highest BCUT2D eigenvalue weighted by molar-refractivity contribution is 9.10. The summed E-state index contributed by atoms with van der Waals surface area (Å²) in [5, 5.41) is 0.895. The zero-order valence-electron chi connectivity index (χ0n) is 18.6. The minimum Gasteiger partial charge on any atom is -0.304 e. The van der Waals surface area contributed by atoms with Crippen LogP contribution >= 0.6 is 27.5 Å². The first-order chi connectivity index (χ1) is 15.7. The van der Waals surface area contributed by atoms with Crippen LogP contribution in [0.2, 0.25) is 5.02 Å². The van der Waals surface area contributed by atoms with Gasteiger partial charge in [-0.15, -0.1) is 0 Å². The summed E-state index contributed by atoms with van der Waals surface area (Å²) in [6.45, 7) is 6.51. The van der Waals surface area contributed by atoms with Gasteiger partial charge in [0.25, 0.3) is 5.56 Å². The maximum Gasteiger partial charge on any atom is 0.261 e. The van der Waals surface area contributed by atoms with E-state index in [9.17, 15) is 13.2 Å². The van der Waals surface area contributed by atoms with Gasteiger partial charge in [0.15, 0.2) is 9.84 Å². The number of likely N-dealkylation sites (N-methyl/N-ethyl adjacent to an activating group) is 1. The molecule has 1 aliphatic heterocycles. The van der Waals surface area contributed by atoms with E-state index in [-0.39, 0.29) is 22.8 Å². The predicted octanol–water partition coefficient (Wildman–Crippen LogP) is 3.40. The number of fused-ring (bicyclic) bond motifs is 1.